The first-order valence-electron chi connectivity index (χ1n) is 6.22. The highest BCUT2D eigenvalue weighted by Crippen LogP contribution is 2.23. The first kappa shape index (κ1) is 16.4. The Bertz CT molecular complexity index is 85.5. The zero-order valence-electron chi connectivity index (χ0n) is 10.8. The Morgan fingerprint density at radius 1 is 0.857 bits per heavy atom. The maximum Gasteiger partial charge on any atom is 0.0321 e. The molecule has 3 N–H and O–H groups in total. The molecule has 0 bridgehead atoms. The van der Waals surface area contributed by atoms with Gasteiger partial charge in [-0.25, -0.2) is 0 Å². The fourth-order valence-corrected chi connectivity index (χ4v) is 2.03. The Labute approximate surface area is 90.6 Å². The fraction of sp³-hybridized carbons (Fsp3) is 1.00. The topological polar surface area (TPSA) is 38.0 Å². The van der Waals surface area contributed by atoms with Crippen molar-refractivity contribution in [2.24, 2.45) is 5.84 Å². The van der Waals surface area contributed by atoms with Crippen molar-refractivity contribution in [3.63, 3.8) is 0 Å². The summed E-state index contributed by atoms with van der Waals surface area (Å²) in [5.74, 6) is 5.62. The number of rotatable bonds is 7. The van der Waals surface area contributed by atoms with Crippen molar-refractivity contribution in [3.8, 4) is 0 Å². The van der Waals surface area contributed by atoms with Crippen molar-refractivity contribution in [2.75, 3.05) is 0 Å². The minimum atomic E-state index is 0.220. The second kappa shape index (κ2) is 11.0. The van der Waals surface area contributed by atoms with Crippen LogP contribution in [0.25, 0.3) is 0 Å². The number of hydrogen-bond donors (Lipinski definition) is 2. The Morgan fingerprint density at radius 2 is 1.14 bits per heavy atom. The number of hydrazine groups is 1. The van der Waals surface area contributed by atoms with Crippen LogP contribution in [0.4, 0.5) is 0 Å². The van der Waals surface area contributed by atoms with Crippen molar-refractivity contribution >= 4 is 0 Å². The van der Waals surface area contributed by atoms with Gasteiger partial charge in [-0.15, -0.1) is 0 Å². The van der Waals surface area contributed by atoms with Crippen LogP contribution in [0.2, 0.25) is 0 Å². The summed E-state index contributed by atoms with van der Waals surface area (Å²) in [6, 6.07) is 0. The predicted molar refractivity (Wildman–Crippen MR) is 66.1 cm³/mol. The molecule has 88 valence electrons. The van der Waals surface area contributed by atoms with Gasteiger partial charge in [0.05, 0.1) is 0 Å². The van der Waals surface area contributed by atoms with Crippen molar-refractivity contribution in [2.45, 2.75) is 78.7 Å². The van der Waals surface area contributed by atoms with Gasteiger partial charge < -0.3 is 0 Å². The molecule has 14 heavy (non-hydrogen) atoms. The quantitative estimate of drug-likeness (QED) is 0.489. The molecule has 0 saturated heterocycles. The minimum Gasteiger partial charge on any atom is -0.271 e. The molecule has 0 amide bonds. The van der Waals surface area contributed by atoms with E-state index in [1.54, 1.807) is 0 Å². The summed E-state index contributed by atoms with van der Waals surface area (Å²) in [6.07, 6.45) is 7.24. The summed E-state index contributed by atoms with van der Waals surface area (Å²) < 4.78 is 0. The van der Waals surface area contributed by atoms with Gasteiger partial charge in [-0.1, -0.05) is 53.9 Å². The molecule has 0 rings (SSSR count). The minimum absolute atomic E-state index is 0.220. The molecule has 2 nitrogen and oxygen atoms in total. The first-order chi connectivity index (χ1) is 6.74. The van der Waals surface area contributed by atoms with Gasteiger partial charge in [-0.2, -0.15) is 0 Å². The highest BCUT2D eigenvalue weighted by atomic mass is 15.3. The maximum atomic E-state index is 5.62. The van der Waals surface area contributed by atoms with Gasteiger partial charge in [0.2, 0.25) is 0 Å². The number of nitrogens with two attached hydrogens (primary N) is 1. The Morgan fingerprint density at radius 3 is 1.29 bits per heavy atom. The van der Waals surface area contributed by atoms with E-state index in [1.807, 2.05) is 13.8 Å². The maximum absolute atomic E-state index is 5.62. The molecule has 0 atom stereocenters. The molecular weight excluding hydrogens is 172 g/mol. The van der Waals surface area contributed by atoms with E-state index in [2.05, 4.69) is 26.2 Å². The van der Waals surface area contributed by atoms with Crippen molar-refractivity contribution < 1.29 is 0 Å². The first-order valence-corrected chi connectivity index (χ1v) is 6.22. The standard InChI is InChI=1S/C10H24N2.C2H6/c1-4-7-10(12-11,8-5-2)9-6-3;1-2/h12H,4-9,11H2,1-3H3;1-2H3. The molecular formula is C12H30N2. The second-order valence-corrected chi connectivity index (χ2v) is 3.67. The van der Waals surface area contributed by atoms with E-state index in [0.717, 1.165) is 0 Å². The van der Waals surface area contributed by atoms with Gasteiger partial charge in [0, 0.05) is 5.54 Å². The number of nitrogens with one attached hydrogen (secondary N) is 1. The van der Waals surface area contributed by atoms with Crippen LogP contribution in [0.3, 0.4) is 0 Å². The summed E-state index contributed by atoms with van der Waals surface area (Å²) in [5.41, 5.74) is 3.24. The lowest BCUT2D eigenvalue weighted by Gasteiger charge is -2.32. The highest BCUT2D eigenvalue weighted by Gasteiger charge is 2.24. The molecule has 0 radical (unpaired) electrons. The molecule has 0 aliphatic carbocycles. The van der Waals surface area contributed by atoms with Crippen LogP contribution in [0.15, 0.2) is 0 Å². The summed E-state index contributed by atoms with van der Waals surface area (Å²) in [5, 5.41) is 0. The van der Waals surface area contributed by atoms with Crippen molar-refractivity contribution in [3.05, 3.63) is 0 Å². The predicted octanol–water partition coefficient (Wildman–Crippen LogP) is 3.62. The fourth-order valence-electron chi connectivity index (χ4n) is 2.03. The molecule has 0 aliphatic heterocycles. The summed E-state index contributed by atoms with van der Waals surface area (Å²) >= 11 is 0. The van der Waals surface area contributed by atoms with Gasteiger partial charge >= 0.3 is 0 Å². The van der Waals surface area contributed by atoms with Gasteiger partial charge in [0.25, 0.3) is 0 Å². The van der Waals surface area contributed by atoms with Gasteiger partial charge in [0.15, 0.2) is 0 Å². The molecule has 0 saturated carbocycles. The normalized spacial score (nSPS) is 10.7. The van der Waals surface area contributed by atoms with Gasteiger partial charge in [-0.05, 0) is 19.3 Å². The van der Waals surface area contributed by atoms with Crippen molar-refractivity contribution in [1.82, 2.24) is 5.43 Å². The SMILES string of the molecule is CC.CCCC(CCC)(CCC)NN. The van der Waals surface area contributed by atoms with Gasteiger partial charge in [0.1, 0.15) is 0 Å². The lowest BCUT2D eigenvalue weighted by Crippen LogP contribution is -2.49. The lowest BCUT2D eigenvalue weighted by atomic mass is 9.85. The molecule has 0 spiro atoms. The lowest BCUT2D eigenvalue weighted by molar-refractivity contribution is 0.256. The van der Waals surface area contributed by atoms with Crippen molar-refractivity contribution in [1.29, 1.82) is 0 Å². The summed E-state index contributed by atoms with van der Waals surface area (Å²) in [4.78, 5) is 0. The van der Waals surface area contributed by atoms with Crippen LogP contribution in [-0.4, -0.2) is 5.54 Å². The molecule has 0 aromatic heterocycles. The van der Waals surface area contributed by atoms with Crippen LogP contribution in [0.1, 0.15) is 73.1 Å². The average Bonchev–Trinajstić information content (AvgIpc) is 2.22. The smallest absolute Gasteiger partial charge is 0.0321 e. The largest absolute Gasteiger partial charge is 0.271 e. The third-order valence-corrected chi connectivity index (χ3v) is 2.49. The summed E-state index contributed by atoms with van der Waals surface area (Å²) in [7, 11) is 0. The van der Waals surface area contributed by atoms with Crippen LogP contribution in [-0.2, 0) is 0 Å². The van der Waals surface area contributed by atoms with Crippen LogP contribution >= 0.6 is 0 Å². The number of hydrogen-bond acceptors (Lipinski definition) is 2. The monoisotopic (exact) mass is 202 g/mol. The van der Waals surface area contributed by atoms with E-state index in [1.165, 1.54) is 38.5 Å². The Balaban J connectivity index is 0. The van der Waals surface area contributed by atoms with E-state index < -0.39 is 0 Å². The third-order valence-electron chi connectivity index (χ3n) is 2.49. The van der Waals surface area contributed by atoms with Gasteiger partial charge in [-0.3, -0.25) is 11.3 Å². The molecule has 0 aliphatic rings. The zero-order chi connectivity index (χ0) is 11.4. The van der Waals surface area contributed by atoms with E-state index in [9.17, 15) is 0 Å². The average molecular weight is 202 g/mol. The third kappa shape index (κ3) is 6.39. The molecule has 0 fully saturated rings. The highest BCUT2D eigenvalue weighted by molar-refractivity contribution is 4.84. The van der Waals surface area contributed by atoms with Crippen LogP contribution < -0.4 is 11.3 Å². The molecule has 2 heteroatoms. The zero-order valence-corrected chi connectivity index (χ0v) is 10.8. The van der Waals surface area contributed by atoms with Crippen LogP contribution in [0, 0.1) is 0 Å². The molecule has 0 aromatic carbocycles. The van der Waals surface area contributed by atoms with E-state index >= 15 is 0 Å². The van der Waals surface area contributed by atoms with Crippen LogP contribution in [0.5, 0.6) is 0 Å². The molecule has 0 aromatic rings. The van der Waals surface area contributed by atoms with E-state index in [0.29, 0.717) is 0 Å². The molecule has 0 unspecified atom stereocenters. The van der Waals surface area contributed by atoms with E-state index in [-0.39, 0.29) is 5.54 Å². The summed E-state index contributed by atoms with van der Waals surface area (Å²) in [6.45, 7) is 10.7. The second-order valence-electron chi connectivity index (χ2n) is 3.67. The van der Waals surface area contributed by atoms with E-state index in [4.69, 9.17) is 5.84 Å². The Kier molecular flexibility index (Phi) is 12.8. The Hall–Kier alpha value is -0.0800. The molecule has 0 heterocycles.